The van der Waals surface area contributed by atoms with Crippen molar-refractivity contribution in [3.8, 4) is 5.75 Å². The van der Waals surface area contributed by atoms with Crippen molar-refractivity contribution in [2.24, 2.45) is 0 Å². The van der Waals surface area contributed by atoms with Gasteiger partial charge in [0.15, 0.2) is 22.9 Å². The number of nitrogens with two attached hydrogens (primary N) is 2. The normalized spacial score (nSPS) is 23.0. The number of benzene rings is 1. The Morgan fingerprint density at radius 1 is 0.841 bits per heavy atom. The van der Waals surface area contributed by atoms with E-state index in [0.717, 1.165) is 31.3 Å². The van der Waals surface area contributed by atoms with E-state index in [0.29, 0.717) is 46.6 Å². The van der Waals surface area contributed by atoms with E-state index in [4.69, 9.17) is 42.6 Å². The third-order valence-corrected chi connectivity index (χ3v) is 7.89. The molecule has 230 valence electrons. The first-order valence-electron chi connectivity index (χ1n) is 14.6. The number of aromatic nitrogens is 8. The molecule has 0 saturated carbocycles. The number of anilines is 2. The fourth-order valence-electron chi connectivity index (χ4n) is 5.44. The zero-order valence-corrected chi connectivity index (χ0v) is 25.2. The first kappa shape index (κ1) is 29.6. The summed E-state index contributed by atoms with van der Waals surface area (Å²) in [4.78, 5) is 24.9. The number of imidazole rings is 2. The van der Waals surface area contributed by atoms with Crippen molar-refractivity contribution in [3.05, 3.63) is 55.6 Å². The molecule has 0 radical (unpaired) electrons. The van der Waals surface area contributed by atoms with Crippen LogP contribution in [-0.4, -0.2) is 62.6 Å². The minimum Gasteiger partial charge on any atom is -0.450 e. The molecule has 2 saturated heterocycles. The van der Waals surface area contributed by atoms with Crippen LogP contribution >= 0.6 is 12.2 Å². The molecule has 7 rings (SSSR count). The summed E-state index contributed by atoms with van der Waals surface area (Å²) in [6.07, 6.45) is 10.5. The first-order valence-corrected chi connectivity index (χ1v) is 15.0. The lowest BCUT2D eigenvalue weighted by molar-refractivity contribution is -0.0181. The second-order valence-corrected chi connectivity index (χ2v) is 10.8. The molecule has 4 aromatic heterocycles. The SMILES string of the molecule is CCC1CCC(n2cnc3c(N)ncnc32)O1.CCC1OC(n2cnc3c(N)ncnc32)CC1OC(=S)Oc1ccccc1. The van der Waals surface area contributed by atoms with Gasteiger partial charge in [-0.05, 0) is 37.8 Å². The van der Waals surface area contributed by atoms with Crippen LogP contribution in [0.15, 0.2) is 55.6 Å². The van der Waals surface area contributed by atoms with Crippen molar-refractivity contribution in [2.75, 3.05) is 11.5 Å². The highest BCUT2D eigenvalue weighted by molar-refractivity contribution is 7.79. The summed E-state index contributed by atoms with van der Waals surface area (Å²) < 4.78 is 27.3. The highest BCUT2D eigenvalue weighted by atomic mass is 32.1. The molecule has 44 heavy (non-hydrogen) atoms. The van der Waals surface area contributed by atoms with E-state index in [1.54, 1.807) is 12.7 Å². The minimum absolute atomic E-state index is 0.0271. The number of thiocarbonyl (C=S) groups is 1. The molecule has 6 heterocycles. The van der Waals surface area contributed by atoms with Gasteiger partial charge in [-0.25, -0.2) is 29.9 Å². The summed E-state index contributed by atoms with van der Waals surface area (Å²) in [5.74, 6) is 1.40. The zero-order valence-electron chi connectivity index (χ0n) is 24.4. The van der Waals surface area contributed by atoms with Gasteiger partial charge in [-0.1, -0.05) is 32.0 Å². The summed E-state index contributed by atoms with van der Waals surface area (Å²) in [6.45, 7) is 4.18. The fraction of sp³-hybridized carbons (Fsp3) is 0.414. The summed E-state index contributed by atoms with van der Waals surface area (Å²) in [5, 5.41) is 0.0796. The van der Waals surface area contributed by atoms with E-state index in [9.17, 15) is 0 Å². The summed E-state index contributed by atoms with van der Waals surface area (Å²) in [5.41, 5.74) is 14.2. The second kappa shape index (κ2) is 13.0. The molecule has 2 aliphatic heterocycles. The molecule has 4 N–H and O–H groups in total. The van der Waals surface area contributed by atoms with E-state index in [-0.39, 0.29) is 29.9 Å². The van der Waals surface area contributed by atoms with Gasteiger partial charge in [0.1, 0.15) is 48.0 Å². The lowest BCUT2D eigenvalue weighted by Crippen LogP contribution is -2.27. The minimum atomic E-state index is -0.279. The van der Waals surface area contributed by atoms with Gasteiger partial charge in [0.05, 0.1) is 24.9 Å². The van der Waals surface area contributed by atoms with Crippen molar-refractivity contribution in [3.63, 3.8) is 0 Å². The maximum atomic E-state index is 6.15. The maximum Gasteiger partial charge on any atom is 0.358 e. The Morgan fingerprint density at radius 2 is 1.48 bits per heavy atom. The molecule has 2 fully saturated rings. The Morgan fingerprint density at radius 3 is 2.07 bits per heavy atom. The topological polar surface area (TPSA) is 176 Å². The van der Waals surface area contributed by atoms with Crippen LogP contribution in [0.3, 0.4) is 0 Å². The van der Waals surface area contributed by atoms with Gasteiger partial charge in [-0.15, -0.1) is 0 Å². The van der Waals surface area contributed by atoms with Gasteiger partial charge in [0.25, 0.3) is 0 Å². The highest BCUT2D eigenvalue weighted by Gasteiger charge is 2.38. The average molecular weight is 619 g/mol. The van der Waals surface area contributed by atoms with Crippen LogP contribution in [0.5, 0.6) is 5.75 Å². The molecule has 0 aliphatic carbocycles. The molecule has 2 aliphatic rings. The fourth-order valence-corrected chi connectivity index (χ4v) is 5.66. The molecule has 0 spiro atoms. The van der Waals surface area contributed by atoms with Gasteiger partial charge in [-0.2, -0.15) is 0 Å². The van der Waals surface area contributed by atoms with Crippen LogP contribution < -0.4 is 16.2 Å². The number of nitrogens with zero attached hydrogens (tertiary/aromatic N) is 8. The summed E-state index contributed by atoms with van der Waals surface area (Å²) in [6, 6.07) is 9.30. The summed E-state index contributed by atoms with van der Waals surface area (Å²) in [7, 11) is 0. The zero-order chi connectivity index (χ0) is 30.6. The van der Waals surface area contributed by atoms with E-state index < -0.39 is 0 Å². The van der Waals surface area contributed by atoms with Crippen molar-refractivity contribution in [1.82, 2.24) is 39.0 Å². The largest absolute Gasteiger partial charge is 0.450 e. The Bertz CT molecular complexity index is 1730. The number of ether oxygens (including phenoxy) is 4. The van der Waals surface area contributed by atoms with E-state index in [1.165, 1.54) is 12.7 Å². The standard InChI is InChI=1S/C18H19N5O3S.C11H15N5O/c1-2-12-13(26-18(27)24-11-6-4-3-5-7-11)8-14(25-12)23-10-22-15-16(19)20-9-21-17(15)23;1-2-7-3-4-8(17-7)16-6-15-9-10(12)13-5-14-11(9)16/h3-7,9-10,12-14H,2,8H2,1H3,(H2,19,20,21);5-8H,2-4H2,1H3,(H2,12,13,14). The van der Waals surface area contributed by atoms with Crippen LogP contribution in [0.25, 0.3) is 22.3 Å². The molecule has 1 aromatic carbocycles. The van der Waals surface area contributed by atoms with Gasteiger partial charge >= 0.3 is 5.24 Å². The number of para-hydroxylation sites is 1. The number of rotatable bonds is 6. The van der Waals surface area contributed by atoms with Gasteiger partial charge in [-0.3, -0.25) is 9.13 Å². The van der Waals surface area contributed by atoms with Crippen molar-refractivity contribution < 1.29 is 18.9 Å². The van der Waals surface area contributed by atoms with Crippen molar-refractivity contribution in [1.29, 1.82) is 0 Å². The molecular formula is C29H34N10O4S. The Hall–Kier alpha value is -4.47. The Kier molecular flexibility index (Phi) is 8.77. The first-order chi connectivity index (χ1) is 21.4. The molecule has 15 heteroatoms. The lowest BCUT2D eigenvalue weighted by Gasteiger charge is -2.18. The summed E-state index contributed by atoms with van der Waals surface area (Å²) >= 11 is 5.25. The van der Waals surface area contributed by atoms with Crippen molar-refractivity contribution in [2.45, 2.75) is 76.7 Å². The van der Waals surface area contributed by atoms with Crippen LogP contribution in [0.1, 0.15) is 58.4 Å². The number of hydrogen-bond acceptors (Lipinski definition) is 13. The predicted molar refractivity (Wildman–Crippen MR) is 166 cm³/mol. The van der Waals surface area contributed by atoms with E-state index >= 15 is 0 Å². The lowest BCUT2D eigenvalue weighted by atomic mass is 10.1. The third-order valence-electron chi connectivity index (χ3n) is 7.71. The van der Waals surface area contributed by atoms with E-state index in [1.807, 2.05) is 46.4 Å². The van der Waals surface area contributed by atoms with Crippen molar-refractivity contribution >= 4 is 51.4 Å². The number of nitrogen functional groups attached to an aromatic ring is 2. The average Bonchev–Trinajstić information content (AvgIpc) is 3.83. The molecule has 0 bridgehead atoms. The highest BCUT2D eigenvalue weighted by Crippen LogP contribution is 2.35. The predicted octanol–water partition coefficient (Wildman–Crippen LogP) is 4.35. The quantitative estimate of drug-likeness (QED) is 0.257. The van der Waals surface area contributed by atoms with Crippen LogP contribution in [0, 0.1) is 0 Å². The molecular weight excluding hydrogens is 584 g/mol. The molecule has 5 unspecified atom stereocenters. The Balaban J connectivity index is 0.000000173. The van der Waals surface area contributed by atoms with Crippen LogP contribution in [-0.2, 0) is 14.2 Å². The van der Waals surface area contributed by atoms with Gasteiger partial charge in [0, 0.05) is 18.6 Å². The smallest absolute Gasteiger partial charge is 0.358 e. The molecule has 5 atom stereocenters. The molecule has 0 amide bonds. The number of hydrogen-bond donors (Lipinski definition) is 2. The molecule has 14 nitrogen and oxygen atoms in total. The van der Waals surface area contributed by atoms with Crippen LogP contribution in [0.2, 0.25) is 0 Å². The van der Waals surface area contributed by atoms with Gasteiger partial charge in [0.2, 0.25) is 0 Å². The Labute approximate surface area is 258 Å². The monoisotopic (exact) mass is 618 g/mol. The third kappa shape index (κ3) is 6.11. The molecule has 5 aromatic rings. The second-order valence-electron chi connectivity index (χ2n) is 10.5. The maximum absolute atomic E-state index is 6.15. The number of fused-ring (bicyclic) bond motifs is 2. The van der Waals surface area contributed by atoms with Gasteiger partial charge < -0.3 is 30.4 Å². The van der Waals surface area contributed by atoms with E-state index in [2.05, 4.69) is 36.8 Å². The van der Waals surface area contributed by atoms with Crippen LogP contribution in [0.4, 0.5) is 11.6 Å².